The molecular formula is C11H8BrFN2O. The SMILES string of the molecule is CC(=O)Nc1nc(Br)c2ccccc2c1F. The van der Waals surface area contributed by atoms with E-state index in [0.717, 1.165) is 0 Å². The summed E-state index contributed by atoms with van der Waals surface area (Å²) in [4.78, 5) is 14.8. The lowest BCUT2D eigenvalue weighted by atomic mass is 10.1. The second-order valence-corrected chi connectivity index (χ2v) is 4.04. The van der Waals surface area contributed by atoms with Gasteiger partial charge in [-0.2, -0.15) is 0 Å². The Bertz CT molecular complexity index is 571. The number of carbonyl (C=O) groups excluding carboxylic acids is 1. The van der Waals surface area contributed by atoms with E-state index in [2.05, 4.69) is 26.2 Å². The highest BCUT2D eigenvalue weighted by Gasteiger charge is 2.12. The van der Waals surface area contributed by atoms with E-state index in [9.17, 15) is 9.18 Å². The average Bonchev–Trinajstić information content (AvgIpc) is 2.25. The molecule has 1 N–H and O–H groups in total. The summed E-state index contributed by atoms with van der Waals surface area (Å²) in [6, 6.07) is 6.93. The zero-order valence-electron chi connectivity index (χ0n) is 8.42. The van der Waals surface area contributed by atoms with Gasteiger partial charge in [0.1, 0.15) is 4.60 Å². The van der Waals surface area contributed by atoms with Gasteiger partial charge in [0.25, 0.3) is 0 Å². The molecule has 0 spiro atoms. The van der Waals surface area contributed by atoms with Crippen molar-refractivity contribution in [2.75, 3.05) is 5.32 Å². The molecule has 82 valence electrons. The Hall–Kier alpha value is -1.49. The molecule has 3 nitrogen and oxygen atoms in total. The van der Waals surface area contributed by atoms with Crippen LogP contribution in [-0.4, -0.2) is 10.9 Å². The van der Waals surface area contributed by atoms with Gasteiger partial charge in [-0.25, -0.2) is 9.37 Å². The van der Waals surface area contributed by atoms with Crippen LogP contribution in [0.3, 0.4) is 0 Å². The first-order chi connectivity index (χ1) is 7.59. The van der Waals surface area contributed by atoms with E-state index >= 15 is 0 Å². The molecule has 0 unspecified atom stereocenters. The number of rotatable bonds is 1. The van der Waals surface area contributed by atoms with Gasteiger partial charge < -0.3 is 5.32 Å². The number of amides is 1. The summed E-state index contributed by atoms with van der Waals surface area (Å²) < 4.78 is 14.4. The minimum absolute atomic E-state index is 0.0573. The molecular weight excluding hydrogens is 275 g/mol. The largest absolute Gasteiger partial charge is 0.308 e. The van der Waals surface area contributed by atoms with Gasteiger partial charge in [0.2, 0.25) is 5.91 Å². The van der Waals surface area contributed by atoms with Crippen LogP contribution in [0.5, 0.6) is 0 Å². The maximum absolute atomic E-state index is 13.9. The standard InChI is InChI=1S/C11H8BrFN2O/c1-6(16)14-11-9(13)7-4-2-3-5-8(7)10(12)15-11/h2-5H,1H3,(H,14,15,16). The third-order valence-electron chi connectivity index (χ3n) is 2.10. The lowest BCUT2D eigenvalue weighted by molar-refractivity contribution is -0.114. The molecule has 0 aliphatic rings. The molecule has 0 fully saturated rings. The molecule has 0 aliphatic heterocycles. The molecule has 2 aromatic rings. The number of fused-ring (bicyclic) bond motifs is 1. The van der Waals surface area contributed by atoms with Crippen molar-refractivity contribution in [3.63, 3.8) is 0 Å². The van der Waals surface area contributed by atoms with Crippen molar-refractivity contribution >= 4 is 38.4 Å². The predicted molar refractivity (Wildman–Crippen MR) is 63.7 cm³/mol. The molecule has 0 saturated heterocycles. The Kier molecular flexibility index (Phi) is 2.87. The number of benzene rings is 1. The van der Waals surface area contributed by atoms with E-state index in [4.69, 9.17) is 0 Å². The molecule has 16 heavy (non-hydrogen) atoms. The van der Waals surface area contributed by atoms with Crippen molar-refractivity contribution in [2.45, 2.75) is 6.92 Å². The van der Waals surface area contributed by atoms with Gasteiger partial charge in [0.05, 0.1) is 0 Å². The maximum atomic E-state index is 13.9. The van der Waals surface area contributed by atoms with E-state index in [1.54, 1.807) is 24.3 Å². The van der Waals surface area contributed by atoms with Crippen molar-refractivity contribution in [1.82, 2.24) is 4.98 Å². The minimum atomic E-state index is -0.519. The average molecular weight is 283 g/mol. The van der Waals surface area contributed by atoms with Crippen molar-refractivity contribution in [3.05, 3.63) is 34.7 Å². The number of halogens is 2. The summed E-state index contributed by atoms with van der Waals surface area (Å²) in [6.07, 6.45) is 0. The van der Waals surface area contributed by atoms with E-state index in [-0.39, 0.29) is 11.7 Å². The molecule has 1 aromatic carbocycles. The van der Waals surface area contributed by atoms with Gasteiger partial charge in [-0.1, -0.05) is 24.3 Å². The van der Waals surface area contributed by atoms with Crippen LogP contribution in [0.4, 0.5) is 10.2 Å². The van der Waals surface area contributed by atoms with Crippen molar-refractivity contribution < 1.29 is 9.18 Å². The molecule has 5 heteroatoms. The number of nitrogens with zero attached hydrogens (tertiary/aromatic N) is 1. The Labute approximate surface area is 99.8 Å². The normalized spacial score (nSPS) is 10.4. The molecule has 1 aromatic heterocycles. The molecule has 1 heterocycles. The summed E-state index contributed by atoms with van der Waals surface area (Å²) in [5.41, 5.74) is 0. The number of hydrogen-bond acceptors (Lipinski definition) is 2. The van der Waals surface area contributed by atoms with Gasteiger partial charge in [0.15, 0.2) is 11.6 Å². The first kappa shape index (κ1) is 11.0. The smallest absolute Gasteiger partial charge is 0.222 e. The Morgan fingerprint density at radius 2 is 2.00 bits per heavy atom. The van der Waals surface area contributed by atoms with Crippen LogP contribution in [0.15, 0.2) is 28.9 Å². The van der Waals surface area contributed by atoms with Crippen LogP contribution in [-0.2, 0) is 4.79 Å². The van der Waals surface area contributed by atoms with Crippen molar-refractivity contribution in [1.29, 1.82) is 0 Å². The Morgan fingerprint density at radius 1 is 1.38 bits per heavy atom. The second-order valence-electron chi connectivity index (χ2n) is 3.29. The monoisotopic (exact) mass is 282 g/mol. The maximum Gasteiger partial charge on any atom is 0.222 e. The zero-order chi connectivity index (χ0) is 11.7. The van der Waals surface area contributed by atoms with Gasteiger partial charge in [-0.3, -0.25) is 4.79 Å². The molecule has 1 amide bonds. The van der Waals surface area contributed by atoms with E-state index in [0.29, 0.717) is 15.4 Å². The lowest BCUT2D eigenvalue weighted by Gasteiger charge is -2.07. The summed E-state index contributed by atoms with van der Waals surface area (Å²) in [5, 5.41) is 3.45. The summed E-state index contributed by atoms with van der Waals surface area (Å²) in [7, 11) is 0. The highest BCUT2D eigenvalue weighted by atomic mass is 79.9. The van der Waals surface area contributed by atoms with Crippen LogP contribution in [0.1, 0.15) is 6.92 Å². The molecule has 0 bridgehead atoms. The predicted octanol–water partition coefficient (Wildman–Crippen LogP) is 3.09. The third-order valence-corrected chi connectivity index (χ3v) is 2.70. The number of nitrogens with one attached hydrogen (secondary N) is 1. The zero-order valence-corrected chi connectivity index (χ0v) is 10.0. The molecule has 2 rings (SSSR count). The quantitative estimate of drug-likeness (QED) is 0.817. The van der Waals surface area contributed by atoms with Crippen LogP contribution < -0.4 is 5.32 Å². The molecule has 0 atom stereocenters. The first-order valence-electron chi connectivity index (χ1n) is 4.61. The van der Waals surface area contributed by atoms with E-state index in [1.807, 2.05) is 0 Å². The van der Waals surface area contributed by atoms with Crippen LogP contribution in [0.2, 0.25) is 0 Å². The number of aromatic nitrogens is 1. The second kappa shape index (κ2) is 4.17. The fourth-order valence-electron chi connectivity index (χ4n) is 1.44. The number of pyridine rings is 1. The minimum Gasteiger partial charge on any atom is -0.308 e. The van der Waals surface area contributed by atoms with Crippen LogP contribution in [0, 0.1) is 5.82 Å². The van der Waals surface area contributed by atoms with Crippen LogP contribution >= 0.6 is 15.9 Å². The highest BCUT2D eigenvalue weighted by Crippen LogP contribution is 2.28. The Morgan fingerprint density at radius 3 is 2.62 bits per heavy atom. The fourth-order valence-corrected chi connectivity index (χ4v) is 1.96. The van der Waals surface area contributed by atoms with Gasteiger partial charge >= 0.3 is 0 Å². The summed E-state index contributed by atoms with van der Waals surface area (Å²) in [5.74, 6) is -0.930. The van der Waals surface area contributed by atoms with Crippen LogP contribution in [0.25, 0.3) is 10.8 Å². The fraction of sp³-hybridized carbons (Fsp3) is 0.0909. The Balaban J connectivity index is 2.70. The highest BCUT2D eigenvalue weighted by molar-refractivity contribution is 9.10. The number of anilines is 1. The van der Waals surface area contributed by atoms with E-state index in [1.165, 1.54) is 6.92 Å². The van der Waals surface area contributed by atoms with Crippen molar-refractivity contribution in [3.8, 4) is 0 Å². The first-order valence-corrected chi connectivity index (χ1v) is 5.40. The van der Waals surface area contributed by atoms with Crippen molar-refractivity contribution in [2.24, 2.45) is 0 Å². The number of hydrogen-bond donors (Lipinski definition) is 1. The third kappa shape index (κ3) is 1.90. The topological polar surface area (TPSA) is 42.0 Å². The summed E-state index contributed by atoms with van der Waals surface area (Å²) in [6.45, 7) is 1.31. The van der Waals surface area contributed by atoms with E-state index < -0.39 is 5.82 Å². The molecule has 0 aliphatic carbocycles. The van der Waals surface area contributed by atoms with Gasteiger partial charge in [0, 0.05) is 17.7 Å². The van der Waals surface area contributed by atoms with Gasteiger partial charge in [-0.15, -0.1) is 0 Å². The van der Waals surface area contributed by atoms with Gasteiger partial charge in [-0.05, 0) is 15.9 Å². The molecule has 0 radical (unpaired) electrons. The lowest BCUT2D eigenvalue weighted by Crippen LogP contribution is -2.09. The summed E-state index contributed by atoms with van der Waals surface area (Å²) >= 11 is 3.24. The molecule has 0 saturated carbocycles. The number of carbonyl (C=O) groups is 1.